The molecule has 2 unspecified atom stereocenters. The van der Waals surface area contributed by atoms with Crippen LogP contribution in [-0.2, 0) is 0 Å². The van der Waals surface area contributed by atoms with Gasteiger partial charge in [0.15, 0.2) is 0 Å². The SMILES string of the molecule is CC1CC(Nc2ccc3c(c2)C(=O)N(C)C3=O)CS1. The summed E-state index contributed by atoms with van der Waals surface area (Å²) in [5, 5.41) is 4.13. The van der Waals surface area contributed by atoms with Gasteiger partial charge in [-0.15, -0.1) is 0 Å². The summed E-state index contributed by atoms with van der Waals surface area (Å²) in [5.74, 6) is 0.666. The minimum absolute atomic E-state index is 0.210. The molecular weight excluding hydrogens is 260 g/mol. The number of hydrogen-bond acceptors (Lipinski definition) is 4. The van der Waals surface area contributed by atoms with Crippen molar-refractivity contribution in [2.45, 2.75) is 24.6 Å². The lowest BCUT2D eigenvalue weighted by Crippen LogP contribution is -2.24. The van der Waals surface area contributed by atoms with Crippen molar-refractivity contribution in [2.75, 3.05) is 18.1 Å². The fourth-order valence-electron chi connectivity index (χ4n) is 2.60. The summed E-state index contributed by atoms with van der Waals surface area (Å²) in [5.41, 5.74) is 1.94. The van der Waals surface area contributed by atoms with Gasteiger partial charge >= 0.3 is 0 Å². The maximum Gasteiger partial charge on any atom is 0.261 e. The van der Waals surface area contributed by atoms with Gasteiger partial charge in [0, 0.05) is 29.8 Å². The molecule has 1 saturated heterocycles. The predicted octanol–water partition coefficient (Wildman–Crippen LogP) is 2.22. The van der Waals surface area contributed by atoms with Gasteiger partial charge in [0.1, 0.15) is 0 Å². The minimum atomic E-state index is -0.211. The van der Waals surface area contributed by atoms with Crippen molar-refractivity contribution < 1.29 is 9.59 Å². The van der Waals surface area contributed by atoms with Gasteiger partial charge < -0.3 is 5.32 Å². The third-order valence-corrected chi connectivity index (χ3v) is 5.02. The Hall–Kier alpha value is -1.49. The Labute approximate surface area is 116 Å². The van der Waals surface area contributed by atoms with Crippen molar-refractivity contribution in [3.05, 3.63) is 29.3 Å². The van der Waals surface area contributed by atoms with Gasteiger partial charge in [-0.3, -0.25) is 14.5 Å². The number of imide groups is 1. The van der Waals surface area contributed by atoms with E-state index in [9.17, 15) is 9.59 Å². The van der Waals surface area contributed by atoms with Crippen LogP contribution in [0.1, 0.15) is 34.1 Å². The van der Waals surface area contributed by atoms with Crippen molar-refractivity contribution >= 4 is 29.3 Å². The second kappa shape index (κ2) is 4.56. The first kappa shape index (κ1) is 12.5. The maximum absolute atomic E-state index is 11.9. The van der Waals surface area contributed by atoms with Gasteiger partial charge in [-0.2, -0.15) is 11.8 Å². The zero-order valence-corrected chi connectivity index (χ0v) is 11.8. The predicted molar refractivity (Wildman–Crippen MR) is 76.8 cm³/mol. The molecule has 5 heteroatoms. The standard InChI is InChI=1S/C14H16N2O2S/c1-8-5-10(7-19-8)15-9-3-4-11-12(6-9)14(18)16(2)13(11)17/h3-4,6,8,10,15H,5,7H2,1-2H3. The zero-order chi connectivity index (χ0) is 13.6. The van der Waals surface area contributed by atoms with Crippen LogP contribution in [0.5, 0.6) is 0 Å². The minimum Gasteiger partial charge on any atom is -0.381 e. The van der Waals surface area contributed by atoms with E-state index in [2.05, 4.69) is 12.2 Å². The summed E-state index contributed by atoms with van der Waals surface area (Å²) in [6.45, 7) is 2.23. The monoisotopic (exact) mass is 276 g/mol. The average Bonchev–Trinajstić information content (AvgIpc) is 2.89. The summed E-state index contributed by atoms with van der Waals surface area (Å²) < 4.78 is 0. The molecule has 0 radical (unpaired) electrons. The first-order valence-corrected chi connectivity index (χ1v) is 7.45. The number of fused-ring (bicyclic) bond motifs is 1. The number of rotatable bonds is 2. The number of nitrogens with zero attached hydrogens (tertiary/aromatic N) is 1. The van der Waals surface area contributed by atoms with Crippen molar-refractivity contribution in [3.63, 3.8) is 0 Å². The fourth-order valence-corrected chi connectivity index (χ4v) is 3.75. The molecule has 2 aliphatic heterocycles. The maximum atomic E-state index is 11.9. The lowest BCUT2D eigenvalue weighted by Gasteiger charge is -2.13. The van der Waals surface area contributed by atoms with Gasteiger partial charge in [0.25, 0.3) is 11.8 Å². The Morgan fingerprint density at radius 3 is 2.68 bits per heavy atom. The van der Waals surface area contributed by atoms with Crippen molar-refractivity contribution in [2.24, 2.45) is 0 Å². The largest absolute Gasteiger partial charge is 0.381 e. The van der Waals surface area contributed by atoms with Gasteiger partial charge in [-0.1, -0.05) is 6.92 Å². The molecule has 0 aliphatic carbocycles. The van der Waals surface area contributed by atoms with E-state index >= 15 is 0 Å². The molecular formula is C14H16N2O2S. The molecule has 4 nitrogen and oxygen atoms in total. The number of benzene rings is 1. The summed E-state index contributed by atoms with van der Waals surface area (Å²) in [7, 11) is 1.52. The van der Waals surface area contributed by atoms with E-state index in [-0.39, 0.29) is 11.8 Å². The van der Waals surface area contributed by atoms with E-state index in [1.807, 2.05) is 17.8 Å². The van der Waals surface area contributed by atoms with Crippen molar-refractivity contribution in [1.29, 1.82) is 0 Å². The fraction of sp³-hybridized carbons (Fsp3) is 0.429. The highest BCUT2D eigenvalue weighted by Crippen LogP contribution is 2.30. The van der Waals surface area contributed by atoms with Gasteiger partial charge in [-0.25, -0.2) is 0 Å². The number of anilines is 1. The normalized spacial score (nSPS) is 25.9. The molecule has 3 rings (SSSR count). The van der Waals surface area contributed by atoms with Gasteiger partial charge in [0.05, 0.1) is 11.1 Å². The number of amides is 2. The third-order valence-electron chi connectivity index (χ3n) is 3.66. The molecule has 0 aromatic heterocycles. The Morgan fingerprint density at radius 2 is 2.00 bits per heavy atom. The number of hydrogen-bond donors (Lipinski definition) is 1. The molecule has 1 fully saturated rings. The van der Waals surface area contributed by atoms with Crippen LogP contribution in [0.15, 0.2) is 18.2 Å². The molecule has 2 amide bonds. The van der Waals surface area contributed by atoms with E-state index in [1.165, 1.54) is 11.9 Å². The first-order chi connectivity index (χ1) is 9.06. The molecule has 1 aromatic rings. The number of carbonyl (C=O) groups excluding carboxylic acids is 2. The van der Waals surface area contributed by atoms with Crippen molar-refractivity contribution in [3.8, 4) is 0 Å². The van der Waals surface area contributed by atoms with E-state index < -0.39 is 0 Å². The molecule has 2 aliphatic rings. The quantitative estimate of drug-likeness (QED) is 0.842. The van der Waals surface area contributed by atoms with E-state index in [1.54, 1.807) is 12.1 Å². The van der Waals surface area contributed by atoms with Gasteiger partial charge in [0.2, 0.25) is 0 Å². The smallest absolute Gasteiger partial charge is 0.261 e. The lowest BCUT2D eigenvalue weighted by atomic mass is 10.1. The Kier molecular flexibility index (Phi) is 3.01. The van der Waals surface area contributed by atoms with Crippen LogP contribution >= 0.6 is 11.8 Å². The Morgan fingerprint density at radius 1 is 1.26 bits per heavy atom. The summed E-state index contributed by atoms with van der Waals surface area (Å²) >= 11 is 1.96. The van der Waals surface area contributed by atoms with Gasteiger partial charge in [-0.05, 0) is 24.6 Å². The highest BCUT2D eigenvalue weighted by Gasteiger charge is 2.33. The molecule has 0 bridgehead atoms. The van der Waals surface area contributed by atoms with Crippen LogP contribution in [0.25, 0.3) is 0 Å². The Bertz CT molecular complexity index is 558. The average molecular weight is 276 g/mol. The first-order valence-electron chi connectivity index (χ1n) is 6.41. The Balaban J connectivity index is 1.83. The van der Waals surface area contributed by atoms with Crippen LogP contribution < -0.4 is 5.32 Å². The van der Waals surface area contributed by atoms with Crippen LogP contribution in [0.3, 0.4) is 0 Å². The van der Waals surface area contributed by atoms with E-state index in [0.717, 1.165) is 17.9 Å². The number of carbonyl (C=O) groups is 2. The highest BCUT2D eigenvalue weighted by molar-refractivity contribution is 8.00. The second-order valence-corrected chi connectivity index (χ2v) is 6.62. The summed E-state index contributed by atoms with van der Waals surface area (Å²) in [4.78, 5) is 24.9. The molecule has 1 aromatic carbocycles. The topological polar surface area (TPSA) is 49.4 Å². The number of nitrogens with one attached hydrogen (secondary N) is 1. The lowest BCUT2D eigenvalue weighted by molar-refractivity contribution is 0.0693. The molecule has 0 saturated carbocycles. The van der Waals surface area contributed by atoms with Crippen LogP contribution in [0.2, 0.25) is 0 Å². The molecule has 100 valence electrons. The van der Waals surface area contributed by atoms with E-state index in [4.69, 9.17) is 0 Å². The third kappa shape index (κ3) is 2.12. The summed E-state index contributed by atoms with van der Waals surface area (Å²) in [6.07, 6.45) is 1.13. The summed E-state index contributed by atoms with van der Waals surface area (Å²) in [6, 6.07) is 5.87. The molecule has 0 spiro atoms. The molecule has 1 N–H and O–H groups in total. The molecule has 19 heavy (non-hydrogen) atoms. The molecule has 2 atom stereocenters. The zero-order valence-electron chi connectivity index (χ0n) is 11.0. The second-order valence-electron chi connectivity index (χ2n) is 5.15. The molecule has 2 heterocycles. The van der Waals surface area contributed by atoms with Crippen LogP contribution in [0, 0.1) is 0 Å². The number of thioether (sulfide) groups is 1. The highest BCUT2D eigenvalue weighted by atomic mass is 32.2. The van der Waals surface area contributed by atoms with E-state index in [0.29, 0.717) is 22.4 Å². The van der Waals surface area contributed by atoms with Crippen LogP contribution in [0.4, 0.5) is 5.69 Å². The van der Waals surface area contributed by atoms with Crippen molar-refractivity contribution in [1.82, 2.24) is 4.90 Å². The van der Waals surface area contributed by atoms with Crippen LogP contribution in [-0.4, -0.2) is 40.8 Å².